The van der Waals surface area contributed by atoms with Crippen molar-refractivity contribution >= 4 is 0 Å². The van der Waals surface area contributed by atoms with Crippen molar-refractivity contribution < 1.29 is 29.9 Å². The van der Waals surface area contributed by atoms with Gasteiger partial charge >= 0.3 is 0 Å². The molecule has 0 radical (unpaired) electrons. The molecule has 0 amide bonds. The Hall–Kier alpha value is -1.96. The molecule has 6 nitrogen and oxygen atoms in total. The highest BCUT2D eigenvalue weighted by Crippen LogP contribution is 2.34. The van der Waals surface area contributed by atoms with Crippen molar-refractivity contribution in [3.63, 3.8) is 0 Å². The first-order valence-corrected chi connectivity index (χ1v) is 8.55. The van der Waals surface area contributed by atoms with Crippen LogP contribution in [0.1, 0.15) is 22.8 Å². The van der Waals surface area contributed by atoms with E-state index in [9.17, 15) is 20.4 Å². The Kier molecular flexibility index (Phi) is 5.60. The fourth-order valence-corrected chi connectivity index (χ4v) is 3.26. The van der Waals surface area contributed by atoms with Gasteiger partial charge < -0.3 is 29.9 Å². The van der Waals surface area contributed by atoms with Crippen LogP contribution in [-0.4, -0.2) is 51.4 Å². The summed E-state index contributed by atoms with van der Waals surface area (Å²) in [6.07, 6.45) is -5.92. The van der Waals surface area contributed by atoms with Gasteiger partial charge in [0, 0.05) is 0 Å². The molecule has 0 bridgehead atoms. The molecule has 2 aromatic carbocycles. The zero-order valence-electron chi connectivity index (χ0n) is 14.7. The molecule has 4 N–H and O–H groups in total. The van der Waals surface area contributed by atoms with Gasteiger partial charge in [0.2, 0.25) is 0 Å². The van der Waals surface area contributed by atoms with Crippen LogP contribution in [0.25, 0.3) is 0 Å². The summed E-state index contributed by atoms with van der Waals surface area (Å²) in [4.78, 5) is 0. The fraction of sp³-hybridized carbons (Fsp3) is 0.400. The summed E-state index contributed by atoms with van der Waals surface area (Å²) >= 11 is 0. The standard InChI is InChI=1S/C20H24O6/c1-11-6-12(2)8-15(7-11)25-14-5-3-4-13(9-14)20-19(24)18(23)17(22)16(10-21)26-20/h3-9,16-24H,10H2,1-2H3/t16?,17-,18?,19?,20-/m1/s1. The average Bonchev–Trinajstić information content (AvgIpc) is 2.59. The Labute approximate surface area is 152 Å². The van der Waals surface area contributed by atoms with Crippen molar-refractivity contribution in [2.24, 2.45) is 0 Å². The minimum Gasteiger partial charge on any atom is -0.457 e. The van der Waals surface area contributed by atoms with Crippen molar-refractivity contribution in [1.29, 1.82) is 0 Å². The lowest BCUT2D eigenvalue weighted by Gasteiger charge is -2.40. The number of ether oxygens (including phenoxy) is 2. The van der Waals surface area contributed by atoms with Gasteiger partial charge in [-0.3, -0.25) is 0 Å². The molecule has 1 heterocycles. The Morgan fingerprint density at radius 3 is 2.23 bits per heavy atom. The summed E-state index contributed by atoms with van der Waals surface area (Å²) < 4.78 is 11.5. The molecular formula is C20H24O6. The molecule has 1 fully saturated rings. The maximum atomic E-state index is 10.3. The quantitative estimate of drug-likeness (QED) is 0.661. The number of benzene rings is 2. The predicted octanol–water partition coefficient (Wildman–Crippen LogP) is 1.61. The van der Waals surface area contributed by atoms with Crippen LogP contribution in [0, 0.1) is 13.8 Å². The largest absolute Gasteiger partial charge is 0.457 e. The van der Waals surface area contributed by atoms with E-state index in [0.717, 1.165) is 11.1 Å². The fourth-order valence-electron chi connectivity index (χ4n) is 3.26. The molecule has 1 saturated heterocycles. The normalized spacial score (nSPS) is 28.8. The zero-order valence-corrected chi connectivity index (χ0v) is 14.7. The third kappa shape index (κ3) is 3.90. The average molecular weight is 360 g/mol. The van der Waals surface area contributed by atoms with E-state index < -0.39 is 37.1 Å². The van der Waals surface area contributed by atoms with Crippen LogP contribution >= 0.6 is 0 Å². The van der Waals surface area contributed by atoms with Crippen molar-refractivity contribution in [3.05, 3.63) is 59.2 Å². The molecule has 3 unspecified atom stereocenters. The van der Waals surface area contributed by atoms with E-state index in [-0.39, 0.29) is 0 Å². The molecule has 6 heteroatoms. The summed E-state index contributed by atoms with van der Waals surface area (Å²) in [5, 5.41) is 39.5. The maximum absolute atomic E-state index is 10.3. The van der Waals surface area contributed by atoms with E-state index in [1.807, 2.05) is 26.0 Å². The zero-order chi connectivity index (χ0) is 18.8. The first kappa shape index (κ1) is 18.8. The molecule has 0 aliphatic carbocycles. The van der Waals surface area contributed by atoms with Gasteiger partial charge in [-0.2, -0.15) is 0 Å². The minimum absolute atomic E-state index is 0.458. The monoisotopic (exact) mass is 360 g/mol. The lowest BCUT2D eigenvalue weighted by Crippen LogP contribution is -2.55. The highest BCUT2D eigenvalue weighted by atomic mass is 16.5. The van der Waals surface area contributed by atoms with E-state index in [1.54, 1.807) is 24.3 Å². The summed E-state index contributed by atoms with van der Waals surface area (Å²) in [5.74, 6) is 1.26. The van der Waals surface area contributed by atoms with Crippen LogP contribution in [0.2, 0.25) is 0 Å². The summed E-state index contributed by atoms with van der Waals surface area (Å²) in [7, 11) is 0. The van der Waals surface area contributed by atoms with Crippen LogP contribution in [0.15, 0.2) is 42.5 Å². The van der Waals surface area contributed by atoms with Gasteiger partial charge in [-0.15, -0.1) is 0 Å². The van der Waals surface area contributed by atoms with Crippen LogP contribution in [-0.2, 0) is 4.74 Å². The third-order valence-electron chi connectivity index (χ3n) is 4.51. The second-order valence-electron chi connectivity index (χ2n) is 6.75. The molecule has 2 aromatic rings. The van der Waals surface area contributed by atoms with Gasteiger partial charge in [-0.1, -0.05) is 18.2 Å². The highest BCUT2D eigenvalue weighted by Gasteiger charge is 2.43. The van der Waals surface area contributed by atoms with E-state index in [1.165, 1.54) is 0 Å². The Morgan fingerprint density at radius 1 is 0.885 bits per heavy atom. The lowest BCUT2D eigenvalue weighted by atomic mass is 9.91. The third-order valence-corrected chi connectivity index (χ3v) is 4.51. The van der Waals surface area contributed by atoms with Crippen molar-refractivity contribution in [2.45, 2.75) is 44.4 Å². The molecule has 0 aromatic heterocycles. The molecular weight excluding hydrogens is 336 g/mol. The SMILES string of the molecule is Cc1cc(C)cc(Oc2cccc([C@H]3OC(CO)[C@@H](O)C(O)C3O)c2)c1. The van der Waals surface area contributed by atoms with Crippen molar-refractivity contribution in [3.8, 4) is 11.5 Å². The number of aryl methyl sites for hydroxylation is 2. The Morgan fingerprint density at radius 2 is 1.58 bits per heavy atom. The molecule has 1 aliphatic rings. The van der Waals surface area contributed by atoms with Gasteiger partial charge in [0.05, 0.1) is 6.61 Å². The van der Waals surface area contributed by atoms with Crippen molar-refractivity contribution in [2.75, 3.05) is 6.61 Å². The lowest BCUT2D eigenvalue weighted by molar-refractivity contribution is -0.231. The van der Waals surface area contributed by atoms with E-state index >= 15 is 0 Å². The number of aliphatic hydroxyl groups excluding tert-OH is 4. The topological polar surface area (TPSA) is 99.4 Å². The van der Waals surface area contributed by atoms with Gasteiger partial charge in [-0.25, -0.2) is 0 Å². The summed E-state index contributed by atoms with van der Waals surface area (Å²) in [5.41, 5.74) is 2.76. The van der Waals surface area contributed by atoms with Crippen LogP contribution in [0.5, 0.6) is 11.5 Å². The molecule has 0 spiro atoms. The second-order valence-corrected chi connectivity index (χ2v) is 6.75. The molecule has 0 saturated carbocycles. The van der Waals surface area contributed by atoms with E-state index in [2.05, 4.69) is 6.07 Å². The first-order valence-electron chi connectivity index (χ1n) is 8.55. The number of rotatable bonds is 4. The van der Waals surface area contributed by atoms with Gasteiger partial charge in [0.1, 0.15) is 42.0 Å². The van der Waals surface area contributed by atoms with E-state index in [0.29, 0.717) is 17.1 Å². The molecule has 3 rings (SSSR count). The molecule has 1 aliphatic heterocycles. The summed E-state index contributed by atoms with van der Waals surface area (Å²) in [6.45, 7) is 3.52. The second kappa shape index (κ2) is 7.73. The number of aliphatic hydroxyl groups is 4. The van der Waals surface area contributed by atoms with E-state index in [4.69, 9.17) is 9.47 Å². The molecule has 140 valence electrons. The van der Waals surface area contributed by atoms with Crippen LogP contribution < -0.4 is 4.74 Å². The number of hydrogen-bond acceptors (Lipinski definition) is 6. The van der Waals surface area contributed by atoms with Crippen molar-refractivity contribution in [1.82, 2.24) is 0 Å². The van der Waals surface area contributed by atoms with Gasteiger partial charge in [0.25, 0.3) is 0 Å². The Bertz CT molecular complexity index is 739. The smallest absolute Gasteiger partial charge is 0.127 e. The highest BCUT2D eigenvalue weighted by molar-refractivity contribution is 5.39. The number of hydrogen-bond donors (Lipinski definition) is 4. The summed E-state index contributed by atoms with van der Waals surface area (Å²) in [6, 6.07) is 12.9. The molecule has 5 atom stereocenters. The van der Waals surface area contributed by atoms with Gasteiger partial charge in [-0.05, 0) is 54.8 Å². The molecule has 26 heavy (non-hydrogen) atoms. The minimum atomic E-state index is -1.41. The Balaban J connectivity index is 1.84. The maximum Gasteiger partial charge on any atom is 0.127 e. The van der Waals surface area contributed by atoms with Crippen LogP contribution in [0.3, 0.4) is 0 Å². The van der Waals surface area contributed by atoms with Crippen LogP contribution in [0.4, 0.5) is 0 Å². The van der Waals surface area contributed by atoms with Gasteiger partial charge in [0.15, 0.2) is 0 Å². The first-order chi connectivity index (χ1) is 12.4. The predicted molar refractivity (Wildman–Crippen MR) is 95.2 cm³/mol.